The summed E-state index contributed by atoms with van der Waals surface area (Å²) in [4.78, 5) is 18.9. The van der Waals surface area contributed by atoms with Crippen LogP contribution in [-0.2, 0) is 10.4 Å². The number of fused-ring (bicyclic) bond motifs is 2. The largest absolute Gasteiger partial charge is 0.497 e. The van der Waals surface area contributed by atoms with Gasteiger partial charge in [0, 0.05) is 35.7 Å². The number of ether oxygens (including phenoxy) is 1. The number of piperidine rings is 1. The molecule has 2 aliphatic heterocycles. The zero-order valence-corrected chi connectivity index (χ0v) is 15.5. The van der Waals surface area contributed by atoms with E-state index >= 15 is 0 Å². The number of hydrogen-bond donors (Lipinski definition) is 2. The molecule has 0 radical (unpaired) electrons. The minimum atomic E-state index is -0.844. The maximum Gasteiger partial charge on any atom is 0.238 e. The van der Waals surface area contributed by atoms with Crippen LogP contribution in [0.4, 0.5) is 5.69 Å². The van der Waals surface area contributed by atoms with Gasteiger partial charge in [0.15, 0.2) is 0 Å². The van der Waals surface area contributed by atoms with Crippen LogP contribution in [0.15, 0.2) is 48.8 Å². The number of benzene rings is 1. The summed E-state index contributed by atoms with van der Waals surface area (Å²) in [6.45, 7) is 0.352. The molecule has 0 spiro atoms. The molecule has 0 aliphatic carbocycles. The van der Waals surface area contributed by atoms with Gasteiger partial charge >= 0.3 is 0 Å². The highest BCUT2D eigenvalue weighted by Crippen LogP contribution is 2.45. The minimum absolute atomic E-state index is 0.0242. The van der Waals surface area contributed by atoms with Gasteiger partial charge in [-0.3, -0.25) is 14.7 Å². The van der Waals surface area contributed by atoms with Crippen LogP contribution in [0, 0.1) is 0 Å². The van der Waals surface area contributed by atoms with E-state index in [-0.39, 0.29) is 18.0 Å². The Morgan fingerprint density at radius 2 is 1.96 bits per heavy atom. The lowest BCUT2D eigenvalue weighted by atomic mass is 9.81. The Labute approximate surface area is 159 Å². The van der Waals surface area contributed by atoms with Crippen LogP contribution in [0.1, 0.15) is 31.2 Å². The lowest BCUT2D eigenvalue weighted by Crippen LogP contribution is -2.51. The van der Waals surface area contributed by atoms with Crippen LogP contribution < -0.4 is 10.1 Å². The van der Waals surface area contributed by atoms with Crippen molar-refractivity contribution in [3.8, 4) is 5.75 Å². The number of carbonyl (C=O) groups is 1. The Morgan fingerprint density at radius 1 is 1.26 bits per heavy atom. The van der Waals surface area contributed by atoms with Gasteiger partial charge < -0.3 is 15.2 Å². The standard InChI is InChI=1S/C21H25N3O3/c1-27-19-8-4-16(5-9-19)23-20(25)14-24-17-6-7-18(24)12-21(26,11-17)15-3-2-10-22-13-15/h2-5,8-10,13,17-18,26H,6-7,11-12,14H2,1H3,(H,23,25)/t17-,18-/m0/s1. The van der Waals surface area contributed by atoms with E-state index in [4.69, 9.17) is 4.74 Å². The van der Waals surface area contributed by atoms with Gasteiger partial charge in [-0.2, -0.15) is 0 Å². The third kappa shape index (κ3) is 3.68. The second-order valence-corrected chi connectivity index (χ2v) is 7.52. The van der Waals surface area contributed by atoms with Crippen molar-refractivity contribution < 1.29 is 14.6 Å². The van der Waals surface area contributed by atoms with Crippen LogP contribution >= 0.6 is 0 Å². The average Bonchev–Trinajstić information content (AvgIpc) is 2.93. The number of pyridine rings is 1. The molecule has 2 aliphatic rings. The predicted molar refractivity (Wildman–Crippen MR) is 103 cm³/mol. The first-order valence-corrected chi connectivity index (χ1v) is 9.40. The molecular weight excluding hydrogens is 342 g/mol. The molecule has 4 rings (SSSR count). The lowest BCUT2D eigenvalue weighted by molar-refractivity contribution is -0.121. The van der Waals surface area contributed by atoms with Crippen molar-refractivity contribution in [1.29, 1.82) is 0 Å². The fraction of sp³-hybridized carbons (Fsp3) is 0.429. The fourth-order valence-electron chi connectivity index (χ4n) is 4.49. The molecule has 6 heteroatoms. The second kappa shape index (κ2) is 7.29. The minimum Gasteiger partial charge on any atom is -0.497 e. The molecule has 2 saturated heterocycles. The van der Waals surface area contributed by atoms with Gasteiger partial charge in [0.25, 0.3) is 0 Å². The number of rotatable bonds is 5. The van der Waals surface area contributed by atoms with E-state index in [0.717, 1.165) is 29.8 Å². The molecule has 0 unspecified atom stereocenters. The zero-order valence-electron chi connectivity index (χ0n) is 15.5. The van der Waals surface area contributed by atoms with Gasteiger partial charge in [-0.15, -0.1) is 0 Å². The summed E-state index contributed by atoms with van der Waals surface area (Å²) in [6, 6.07) is 11.6. The van der Waals surface area contributed by atoms with Crippen molar-refractivity contribution in [2.45, 2.75) is 43.4 Å². The first-order valence-electron chi connectivity index (χ1n) is 9.40. The Morgan fingerprint density at radius 3 is 2.56 bits per heavy atom. The highest BCUT2D eigenvalue weighted by molar-refractivity contribution is 5.92. The van der Waals surface area contributed by atoms with Crippen LogP contribution in [0.25, 0.3) is 0 Å². The molecule has 2 N–H and O–H groups in total. The molecule has 3 heterocycles. The molecule has 2 bridgehead atoms. The van der Waals surface area contributed by atoms with E-state index in [1.807, 2.05) is 36.4 Å². The second-order valence-electron chi connectivity index (χ2n) is 7.52. The topological polar surface area (TPSA) is 74.7 Å². The van der Waals surface area contributed by atoms with Crippen LogP contribution in [-0.4, -0.2) is 46.6 Å². The van der Waals surface area contributed by atoms with Gasteiger partial charge in [-0.05, 0) is 56.0 Å². The first kappa shape index (κ1) is 17.9. The number of aromatic nitrogens is 1. The molecule has 1 aromatic heterocycles. The smallest absolute Gasteiger partial charge is 0.238 e. The first-order chi connectivity index (χ1) is 13.1. The number of aliphatic hydroxyl groups is 1. The number of carbonyl (C=O) groups excluding carboxylic acids is 1. The number of nitrogens with one attached hydrogen (secondary N) is 1. The summed E-state index contributed by atoms with van der Waals surface area (Å²) < 4.78 is 5.14. The van der Waals surface area contributed by atoms with Gasteiger partial charge in [-0.1, -0.05) is 6.07 Å². The molecular formula is C21H25N3O3. The van der Waals surface area contributed by atoms with E-state index in [9.17, 15) is 9.90 Å². The quantitative estimate of drug-likeness (QED) is 0.850. The van der Waals surface area contributed by atoms with Crippen molar-refractivity contribution in [3.63, 3.8) is 0 Å². The number of amides is 1. The Kier molecular flexibility index (Phi) is 4.85. The van der Waals surface area contributed by atoms with Gasteiger partial charge in [0.2, 0.25) is 5.91 Å². The van der Waals surface area contributed by atoms with E-state index in [2.05, 4.69) is 15.2 Å². The van der Waals surface area contributed by atoms with Gasteiger partial charge in [0.1, 0.15) is 5.75 Å². The van der Waals surface area contributed by atoms with Crippen molar-refractivity contribution in [1.82, 2.24) is 9.88 Å². The average molecular weight is 367 g/mol. The molecule has 2 atom stereocenters. The summed E-state index contributed by atoms with van der Waals surface area (Å²) in [6.07, 6.45) is 6.80. The highest BCUT2D eigenvalue weighted by Gasteiger charge is 2.48. The summed E-state index contributed by atoms with van der Waals surface area (Å²) in [5.74, 6) is 0.737. The van der Waals surface area contributed by atoms with E-state index in [0.29, 0.717) is 19.4 Å². The van der Waals surface area contributed by atoms with Gasteiger partial charge in [-0.25, -0.2) is 0 Å². The fourth-order valence-corrected chi connectivity index (χ4v) is 4.49. The third-order valence-corrected chi connectivity index (χ3v) is 5.82. The van der Waals surface area contributed by atoms with Crippen molar-refractivity contribution in [2.24, 2.45) is 0 Å². The van der Waals surface area contributed by atoms with Crippen LogP contribution in [0.5, 0.6) is 5.75 Å². The van der Waals surface area contributed by atoms with E-state index < -0.39 is 5.60 Å². The normalized spacial score (nSPS) is 27.3. The number of hydrogen-bond acceptors (Lipinski definition) is 5. The molecule has 1 amide bonds. The summed E-state index contributed by atoms with van der Waals surface area (Å²) in [7, 11) is 1.62. The maximum absolute atomic E-state index is 12.5. The SMILES string of the molecule is COc1ccc(NC(=O)CN2[C@H]3CC[C@H]2CC(O)(c2cccnc2)C3)cc1. The van der Waals surface area contributed by atoms with Crippen molar-refractivity contribution in [2.75, 3.05) is 19.0 Å². The molecule has 6 nitrogen and oxygen atoms in total. The number of methoxy groups -OCH3 is 1. The Hall–Kier alpha value is -2.44. The molecule has 27 heavy (non-hydrogen) atoms. The maximum atomic E-state index is 12.5. The molecule has 142 valence electrons. The molecule has 1 aromatic carbocycles. The Balaban J connectivity index is 1.40. The summed E-state index contributed by atoms with van der Waals surface area (Å²) in [5, 5.41) is 14.1. The lowest BCUT2D eigenvalue weighted by Gasteiger charge is -2.43. The van der Waals surface area contributed by atoms with Crippen LogP contribution in [0.3, 0.4) is 0 Å². The van der Waals surface area contributed by atoms with Crippen molar-refractivity contribution >= 4 is 11.6 Å². The number of nitrogens with zero attached hydrogens (tertiary/aromatic N) is 2. The van der Waals surface area contributed by atoms with E-state index in [1.165, 1.54) is 0 Å². The predicted octanol–water partition coefficient (Wildman–Crippen LogP) is 2.54. The monoisotopic (exact) mass is 367 g/mol. The molecule has 0 saturated carbocycles. The Bertz CT molecular complexity index is 780. The molecule has 2 fully saturated rings. The van der Waals surface area contributed by atoms with E-state index in [1.54, 1.807) is 19.5 Å². The van der Waals surface area contributed by atoms with Crippen LogP contribution in [0.2, 0.25) is 0 Å². The number of anilines is 1. The van der Waals surface area contributed by atoms with Gasteiger partial charge in [0.05, 0.1) is 19.3 Å². The summed E-state index contributed by atoms with van der Waals surface area (Å²) >= 11 is 0. The third-order valence-electron chi connectivity index (χ3n) is 5.82. The summed E-state index contributed by atoms with van der Waals surface area (Å²) in [5.41, 5.74) is 0.796. The highest BCUT2D eigenvalue weighted by atomic mass is 16.5. The zero-order chi connectivity index (χ0) is 18.9. The van der Waals surface area contributed by atoms with Crippen molar-refractivity contribution in [3.05, 3.63) is 54.4 Å². The molecule has 2 aromatic rings.